The number of likely N-dealkylation sites (tertiary alicyclic amines) is 1. The van der Waals surface area contributed by atoms with Crippen molar-refractivity contribution in [3.05, 3.63) is 138 Å². The number of urea groups is 1. The van der Waals surface area contributed by atoms with Crippen LogP contribution in [0.25, 0.3) is 0 Å². The molecule has 41 heavy (non-hydrogen) atoms. The highest BCUT2D eigenvalue weighted by Crippen LogP contribution is 2.50. The lowest BCUT2D eigenvalue weighted by Gasteiger charge is -2.31. The molecule has 4 atom stereocenters. The molecule has 2 N–H and O–H groups in total. The molecular formula is C34H33N3O4. The Balaban J connectivity index is 1.59. The highest BCUT2D eigenvalue weighted by Gasteiger charge is 2.58. The maximum absolute atomic E-state index is 14.1. The van der Waals surface area contributed by atoms with Gasteiger partial charge in [-0.15, -0.1) is 0 Å². The largest absolute Gasteiger partial charge is 0.469 e. The molecule has 0 aromatic heterocycles. The zero-order valence-electron chi connectivity index (χ0n) is 22.9. The van der Waals surface area contributed by atoms with E-state index in [1.165, 1.54) is 12.0 Å². The third kappa shape index (κ3) is 6.14. The monoisotopic (exact) mass is 547 g/mol. The Hall–Kier alpha value is -4.91. The molecule has 0 aliphatic carbocycles. The molecule has 1 fully saturated rings. The molecule has 7 heteroatoms. The number of methoxy groups -OCH3 is 1. The molecule has 0 saturated carbocycles. The van der Waals surface area contributed by atoms with Crippen LogP contribution in [-0.4, -0.2) is 42.5 Å². The molecule has 5 rings (SSSR count). The highest BCUT2D eigenvalue weighted by atomic mass is 16.5. The first-order valence-electron chi connectivity index (χ1n) is 13.7. The smallest absolute Gasteiger partial charge is 0.323 e. The molecular weight excluding hydrogens is 514 g/mol. The second-order valence-electron chi connectivity index (χ2n) is 10.0. The van der Waals surface area contributed by atoms with Crippen LogP contribution < -0.4 is 10.6 Å². The molecule has 1 aliphatic heterocycles. The number of hydrogen-bond acceptors (Lipinski definition) is 4. The normalized spacial score (nSPS) is 19.8. The summed E-state index contributed by atoms with van der Waals surface area (Å²) in [6, 6.07) is 35.5. The SMILES string of the molecule is COC(=O)C1C(c2ccccc2)C(C(=O)NCCc2ccccc2)N(C(=O)Nc2ccccc2)C1c1ccccc1. The number of para-hydroxylation sites is 1. The molecule has 0 bridgehead atoms. The fourth-order valence-electron chi connectivity index (χ4n) is 5.74. The fraction of sp³-hybridized carbons (Fsp3) is 0.206. The third-order valence-electron chi connectivity index (χ3n) is 7.55. The summed E-state index contributed by atoms with van der Waals surface area (Å²) in [6.07, 6.45) is 0.633. The number of rotatable bonds is 8. The van der Waals surface area contributed by atoms with Crippen molar-refractivity contribution in [2.24, 2.45) is 5.92 Å². The molecule has 4 aromatic carbocycles. The van der Waals surface area contributed by atoms with Gasteiger partial charge in [0, 0.05) is 18.2 Å². The van der Waals surface area contributed by atoms with Gasteiger partial charge in [-0.05, 0) is 35.2 Å². The average molecular weight is 548 g/mol. The van der Waals surface area contributed by atoms with Crippen LogP contribution in [0.4, 0.5) is 10.5 Å². The summed E-state index contributed by atoms with van der Waals surface area (Å²) in [6.45, 7) is 0.383. The number of esters is 1. The van der Waals surface area contributed by atoms with E-state index in [-0.39, 0.29) is 5.91 Å². The van der Waals surface area contributed by atoms with E-state index in [1.807, 2.05) is 109 Å². The molecule has 0 spiro atoms. The molecule has 1 aliphatic rings. The van der Waals surface area contributed by atoms with Crippen molar-refractivity contribution >= 4 is 23.6 Å². The topological polar surface area (TPSA) is 87.7 Å². The van der Waals surface area contributed by atoms with Gasteiger partial charge < -0.3 is 20.3 Å². The summed E-state index contributed by atoms with van der Waals surface area (Å²) in [5, 5.41) is 6.01. The summed E-state index contributed by atoms with van der Waals surface area (Å²) >= 11 is 0. The van der Waals surface area contributed by atoms with Crippen molar-refractivity contribution in [3.8, 4) is 0 Å². The fourth-order valence-corrected chi connectivity index (χ4v) is 5.74. The van der Waals surface area contributed by atoms with Gasteiger partial charge in [-0.1, -0.05) is 109 Å². The van der Waals surface area contributed by atoms with Crippen molar-refractivity contribution in [1.82, 2.24) is 10.2 Å². The zero-order chi connectivity index (χ0) is 28.6. The van der Waals surface area contributed by atoms with Gasteiger partial charge in [0.1, 0.15) is 6.04 Å². The first-order valence-corrected chi connectivity index (χ1v) is 13.7. The summed E-state index contributed by atoms with van der Waals surface area (Å²) in [5.74, 6) is -2.28. The standard InChI is InChI=1S/C34H33N3O4/c1-41-33(39)29-28(25-16-8-3-9-17-25)31(32(38)35-23-22-24-14-6-2-7-15-24)37(30(29)26-18-10-4-11-19-26)34(40)36-27-20-12-5-13-21-27/h2-21,28-31H,22-23H2,1H3,(H,35,38)(H,36,40). The average Bonchev–Trinajstić information content (AvgIpc) is 3.39. The van der Waals surface area contributed by atoms with Gasteiger partial charge >= 0.3 is 12.0 Å². The molecule has 1 heterocycles. The summed E-state index contributed by atoms with van der Waals surface area (Å²) < 4.78 is 5.32. The first kappa shape index (κ1) is 27.6. The van der Waals surface area contributed by atoms with Gasteiger partial charge in [0.05, 0.1) is 19.1 Å². The van der Waals surface area contributed by atoms with E-state index in [0.29, 0.717) is 18.7 Å². The van der Waals surface area contributed by atoms with Gasteiger partial charge in [0.2, 0.25) is 5.91 Å². The van der Waals surface area contributed by atoms with Gasteiger partial charge in [-0.2, -0.15) is 0 Å². The Kier molecular flexibility index (Phi) is 8.74. The van der Waals surface area contributed by atoms with Crippen molar-refractivity contribution in [1.29, 1.82) is 0 Å². The van der Waals surface area contributed by atoms with Crippen LogP contribution in [0.1, 0.15) is 28.7 Å². The van der Waals surface area contributed by atoms with E-state index in [1.54, 1.807) is 12.1 Å². The van der Waals surface area contributed by atoms with E-state index >= 15 is 0 Å². The molecule has 7 nitrogen and oxygen atoms in total. The Bertz CT molecular complexity index is 1450. The number of nitrogens with zero attached hydrogens (tertiary/aromatic N) is 1. The number of amides is 3. The molecule has 4 unspecified atom stereocenters. The van der Waals surface area contributed by atoms with Crippen molar-refractivity contribution in [2.45, 2.75) is 24.4 Å². The molecule has 4 aromatic rings. The number of ether oxygens (including phenoxy) is 1. The number of hydrogen-bond donors (Lipinski definition) is 2. The van der Waals surface area contributed by atoms with Gasteiger partial charge in [0.15, 0.2) is 0 Å². The second kappa shape index (κ2) is 13.0. The van der Waals surface area contributed by atoms with E-state index in [2.05, 4.69) is 10.6 Å². The number of nitrogens with one attached hydrogen (secondary N) is 2. The summed E-state index contributed by atoms with van der Waals surface area (Å²) in [7, 11) is 1.34. The Labute approximate surface area is 240 Å². The first-order chi connectivity index (χ1) is 20.1. The van der Waals surface area contributed by atoms with E-state index in [9.17, 15) is 14.4 Å². The van der Waals surface area contributed by atoms with Crippen LogP contribution in [0.15, 0.2) is 121 Å². The molecule has 1 saturated heterocycles. The van der Waals surface area contributed by atoms with E-state index in [0.717, 1.165) is 16.7 Å². The number of benzene rings is 4. The van der Waals surface area contributed by atoms with Crippen LogP contribution in [0.3, 0.4) is 0 Å². The van der Waals surface area contributed by atoms with Gasteiger partial charge in [-0.25, -0.2) is 4.79 Å². The Morgan fingerprint density at radius 3 is 1.85 bits per heavy atom. The minimum Gasteiger partial charge on any atom is -0.469 e. The van der Waals surface area contributed by atoms with Crippen LogP contribution in [0.2, 0.25) is 0 Å². The van der Waals surface area contributed by atoms with Gasteiger partial charge in [0.25, 0.3) is 0 Å². The lowest BCUT2D eigenvalue weighted by Crippen LogP contribution is -2.50. The van der Waals surface area contributed by atoms with Crippen molar-refractivity contribution < 1.29 is 19.1 Å². The lowest BCUT2D eigenvalue weighted by atomic mass is 9.80. The quantitative estimate of drug-likeness (QED) is 0.282. The molecule has 0 radical (unpaired) electrons. The predicted molar refractivity (Wildman–Crippen MR) is 158 cm³/mol. The van der Waals surface area contributed by atoms with Crippen molar-refractivity contribution in [3.63, 3.8) is 0 Å². The number of anilines is 1. The number of carbonyl (C=O) groups excluding carboxylic acids is 3. The maximum Gasteiger partial charge on any atom is 0.323 e. The summed E-state index contributed by atoms with van der Waals surface area (Å²) in [4.78, 5) is 43.3. The zero-order valence-corrected chi connectivity index (χ0v) is 22.9. The second-order valence-corrected chi connectivity index (χ2v) is 10.0. The van der Waals surface area contributed by atoms with E-state index < -0.39 is 35.9 Å². The highest BCUT2D eigenvalue weighted by molar-refractivity contribution is 5.97. The van der Waals surface area contributed by atoms with Crippen LogP contribution in [0, 0.1) is 5.92 Å². The minimum absolute atomic E-state index is 0.328. The maximum atomic E-state index is 14.1. The third-order valence-corrected chi connectivity index (χ3v) is 7.55. The Morgan fingerprint density at radius 2 is 1.27 bits per heavy atom. The molecule has 3 amide bonds. The number of carbonyl (C=O) groups is 3. The minimum atomic E-state index is -0.980. The van der Waals surface area contributed by atoms with Crippen LogP contribution in [0.5, 0.6) is 0 Å². The van der Waals surface area contributed by atoms with Gasteiger partial charge in [-0.3, -0.25) is 9.59 Å². The van der Waals surface area contributed by atoms with Crippen LogP contribution in [-0.2, 0) is 20.7 Å². The van der Waals surface area contributed by atoms with Crippen LogP contribution >= 0.6 is 0 Å². The molecule has 208 valence electrons. The Morgan fingerprint density at radius 1 is 0.732 bits per heavy atom. The summed E-state index contributed by atoms with van der Waals surface area (Å²) in [5.41, 5.74) is 3.20. The van der Waals surface area contributed by atoms with Crippen molar-refractivity contribution in [2.75, 3.05) is 19.0 Å². The predicted octanol–water partition coefficient (Wildman–Crippen LogP) is 5.58. The lowest BCUT2D eigenvalue weighted by molar-refractivity contribution is -0.146. The van der Waals surface area contributed by atoms with E-state index in [4.69, 9.17) is 4.74 Å².